The molecule has 1 heterocycles. The number of aromatic nitrogens is 1. The Bertz CT molecular complexity index is 1510. The van der Waals surface area contributed by atoms with Gasteiger partial charge in [0.15, 0.2) is 5.69 Å². The lowest BCUT2D eigenvalue weighted by Crippen LogP contribution is -2.43. The van der Waals surface area contributed by atoms with Crippen LogP contribution in [0.2, 0.25) is 5.02 Å². The number of ether oxygens (including phenoxy) is 1. The molecule has 1 atom stereocenters. The molecule has 0 saturated carbocycles. The van der Waals surface area contributed by atoms with Crippen molar-refractivity contribution in [3.05, 3.63) is 106 Å². The third kappa shape index (κ3) is 4.90. The summed E-state index contributed by atoms with van der Waals surface area (Å²) in [5, 5.41) is 3.80. The minimum atomic E-state index is -1.06. The fourth-order valence-electron chi connectivity index (χ4n) is 4.12. The van der Waals surface area contributed by atoms with E-state index in [2.05, 4.69) is 15.1 Å². The van der Waals surface area contributed by atoms with E-state index in [0.717, 1.165) is 16.5 Å². The first-order valence-electron chi connectivity index (χ1n) is 11.0. The molecule has 1 amide bonds. The number of methoxy groups -OCH3 is 1. The molecule has 3 aromatic carbocycles. The average molecular weight is 502 g/mol. The van der Waals surface area contributed by atoms with Gasteiger partial charge in [0.25, 0.3) is 5.91 Å². The molecule has 6 nitrogen and oxygen atoms in total. The molecule has 0 saturated heterocycles. The Balaban J connectivity index is 1.72. The lowest BCUT2D eigenvalue weighted by atomic mass is 9.95. The molecule has 1 N–H and O–H groups in total. The van der Waals surface area contributed by atoms with Crippen molar-refractivity contribution in [1.82, 2.24) is 10.3 Å². The fourth-order valence-corrected chi connectivity index (χ4v) is 4.40. The topological polar surface area (TPSA) is 72.7 Å². The van der Waals surface area contributed by atoms with Crippen LogP contribution in [0.15, 0.2) is 66.9 Å². The normalized spacial score (nSPS) is 11.5. The zero-order valence-electron chi connectivity index (χ0n) is 19.5. The van der Waals surface area contributed by atoms with Gasteiger partial charge >= 0.3 is 5.97 Å². The summed E-state index contributed by atoms with van der Waals surface area (Å²) >= 11 is 6.46. The van der Waals surface area contributed by atoms with Gasteiger partial charge in [-0.2, -0.15) is 0 Å². The van der Waals surface area contributed by atoms with Gasteiger partial charge in [-0.1, -0.05) is 54.1 Å². The van der Waals surface area contributed by atoms with Crippen molar-refractivity contribution in [3.8, 4) is 11.1 Å². The summed E-state index contributed by atoms with van der Waals surface area (Å²) in [5.41, 5.74) is 3.62. The van der Waals surface area contributed by atoms with Gasteiger partial charge in [-0.3, -0.25) is 9.78 Å². The van der Waals surface area contributed by atoms with Crippen LogP contribution in [-0.4, -0.2) is 30.0 Å². The fraction of sp³-hybridized carbons (Fsp3) is 0.143. The third-order valence-electron chi connectivity index (χ3n) is 5.90. The summed E-state index contributed by atoms with van der Waals surface area (Å²) in [6, 6.07) is 15.6. The molecule has 4 aromatic rings. The van der Waals surface area contributed by atoms with E-state index in [1.54, 1.807) is 43.5 Å². The van der Waals surface area contributed by atoms with Gasteiger partial charge in [-0.05, 0) is 41.8 Å². The van der Waals surface area contributed by atoms with Gasteiger partial charge in [0, 0.05) is 28.6 Å². The zero-order chi connectivity index (χ0) is 25.8. The van der Waals surface area contributed by atoms with Crippen LogP contribution in [-0.2, 0) is 16.0 Å². The summed E-state index contributed by atoms with van der Waals surface area (Å²) in [4.78, 5) is 33.4. The summed E-state index contributed by atoms with van der Waals surface area (Å²) in [6.45, 7) is 8.81. The van der Waals surface area contributed by atoms with Crippen molar-refractivity contribution in [1.29, 1.82) is 0 Å². The van der Waals surface area contributed by atoms with Crippen LogP contribution in [0.1, 0.15) is 21.5 Å². The number of fused-ring (bicyclic) bond motifs is 1. The van der Waals surface area contributed by atoms with Crippen LogP contribution < -0.4 is 5.32 Å². The molecule has 0 aliphatic heterocycles. The van der Waals surface area contributed by atoms with Crippen LogP contribution in [0.3, 0.4) is 0 Å². The number of carbonyl (C=O) groups is 2. The van der Waals surface area contributed by atoms with E-state index < -0.39 is 23.7 Å². The molecular formula is C28H21ClFN3O3. The monoisotopic (exact) mass is 501 g/mol. The highest BCUT2D eigenvalue weighted by Crippen LogP contribution is 2.36. The highest BCUT2D eigenvalue weighted by Gasteiger charge is 2.26. The maximum absolute atomic E-state index is 14.3. The zero-order valence-corrected chi connectivity index (χ0v) is 20.3. The number of halogens is 2. The molecule has 0 spiro atoms. The summed E-state index contributed by atoms with van der Waals surface area (Å²) in [5.74, 6) is -2.03. The van der Waals surface area contributed by atoms with Gasteiger partial charge in [-0.25, -0.2) is 14.0 Å². The van der Waals surface area contributed by atoms with Gasteiger partial charge in [-0.15, -0.1) is 0 Å². The number of pyridine rings is 1. The molecule has 1 aromatic heterocycles. The predicted octanol–water partition coefficient (Wildman–Crippen LogP) is 6.07. The second-order valence-electron chi connectivity index (χ2n) is 8.13. The van der Waals surface area contributed by atoms with Crippen molar-refractivity contribution < 1.29 is 18.7 Å². The number of hydrogen-bond acceptors (Lipinski definition) is 4. The first-order chi connectivity index (χ1) is 17.3. The number of nitrogens with zero attached hydrogens (tertiary/aromatic N) is 2. The SMILES string of the molecule is [C-]#[N+]c1ccc(-c2ccc(C[C@H](NC(=O)c3c(C)cccc3F)C(=O)OC)c3cccnc23)c(Cl)c1. The van der Waals surface area contributed by atoms with E-state index in [9.17, 15) is 14.0 Å². The lowest BCUT2D eigenvalue weighted by molar-refractivity contribution is -0.142. The van der Waals surface area contributed by atoms with Crippen LogP contribution in [0.4, 0.5) is 10.1 Å². The molecule has 0 bridgehead atoms. The maximum atomic E-state index is 14.3. The van der Waals surface area contributed by atoms with Crippen molar-refractivity contribution >= 4 is 40.1 Å². The minimum Gasteiger partial charge on any atom is -0.467 e. The minimum absolute atomic E-state index is 0.0960. The van der Waals surface area contributed by atoms with Crippen molar-refractivity contribution in [2.45, 2.75) is 19.4 Å². The largest absolute Gasteiger partial charge is 0.467 e. The number of nitrogens with one attached hydrogen (secondary N) is 1. The third-order valence-corrected chi connectivity index (χ3v) is 6.21. The number of hydrogen-bond donors (Lipinski definition) is 1. The smallest absolute Gasteiger partial charge is 0.328 e. The van der Waals surface area contributed by atoms with Crippen LogP contribution >= 0.6 is 11.6 Å². The number of amides is 1. The molecule has 0 unspecified atom stereocenters. The summed E-state index contributed by atoms with van der Waals surface area (Å²) < 4.78 is 19.3. The predicted molar refractivity (Wildman–Crippen MR) is 137 cm³/mol. The standard InChI is InChI=1S/C28H21ClFN3O3/c1-16-6-4-8-23(30)25(16)27(34)33-24(28(35)36-3)14-17-9-11-21(26-19(17)7-5-13-32-26)20-12-10-18(31-2)15-22(20)29/h4-13,15,24H,14H2,1,3H3,(H,33,34)/t24-/m0/s1. The highest BCUT2D eigenvalue weighted by molar-refractivity contribution is 6.34. The second-order valence-corrected chi connectivity index (χ2v) is 8.54. The Kier molecular flexibility index (Phi) is 7.28. The molecule has 0 aliphatic carbocycles. The summed E-state index contributed by atoms with van der Waals surface area (Å²) in [6.07, 6.45) is 1.75. The van der Waals surface area contributed by atoms with E-state index >= 15 is 0 Å². The Morgan fingerprint density at radius 2 is 1.92 bits per heavy atom. The molecule has 180 valence electrons. The number of carbonyl (C=O) groups excluding carboxylic acids is 2. The van der Waals surface area contributed by atoms with E-state index in [4.69, 9.17) is 22.9 Å². The van der Waals surface area contributed by atoms with Crippen LogP contribution in [0.25, 0.3) is 26.9 Å². The number of esters is 1. The Hall–Kier alpha value is -4.28. The van der Waals surface area contributed by atoms with Crippen molar-refractivity contribution in [2.75, 3.05) is 7.11 Å². The van der Waals surface area contributed by atoms with Crippen molar-refractivity contribution in [3.63, 3.8) is 0 Å². The van der Waals surface area contributed by atoms with Gasteiger partial charge in [0.05, 0.1) is 24.8 Å². The quantitative estimate of drug-likeness (QED) is 0.257. The van der Waals surface area contributed by atoms with Crippen LogP contribution in [0.5, 0.6) is 0 Å². The summed E-state index contributed by atoms with van der Waals surface area (Å²) in [7, 11) is 1.23. The molecule has 4 rings (SSSR count). The number of aryl methyl sites for hydroxylation is 1. The molecule has 0 aliphatic rings. The van der Waals surface area contributed by atoms with E-state index in [0.29, 0.717) is 27.4 Å². The molecule has 36 heavy (non-hydrogen) atoms. The van der Waals surface area contributed by atoms with Gasteiger partial charge in [0.2, 0.25) is 0 Å². The molecular weight excluding hydrogens is 481 g/mol. The maximum Gasteiger partial charge on any atom is 0.328 e. The molecule has 8 heteroatoms. The van der Waals surface area contributed by atoms with Gasteiger partial charge < -0.3 is 10.1 Å². The molecule has 0 radical (unpaired) electrons. The number of benzene rings is 3. The Morgan fingerprint density at radius 3 is 2.61 bits per heavy atom. The van der Waals surface area contributed by atoms with Gasteiger partial charge in [0.1, 0.15) is 11.9 Å². The molecule has 0 fully saturated rings. The Morgan fingerprint density at radius 1 is 1.14 bits per heavy atom. The first-order valence-corrected chi connectivity index (χ1v) is 11.4. The first kappa shape index (κ1) is 24.8. The second kappa shape index (κ2) is 10.5. The average Bonchev–Trinajstić information content (AvgIpc) is 2.88. The van der Waals surface area contributed by atoms with E-state index in [1.807, 2.05) is 18.2 Å². The number of rotatable bonds is 6. The van der Waals surface area contributed by atoms with Crippen molar-refractivity contribution in [2.24, 2.45) is 0 Å². The van der Waals surface area contributed by atoms with E-state index in [1.165, 1.54) is 19.2 Å². The van der Waals surface area contributed by atoms with E-state index in [-0.39, 0.29) is 12.0 Å². The highest BCUT2D eigenvalue weighted by atomic mass is 35.5. The lowest BCUT2D eigenvalue weighted by Gasteiger charge is -2.19. The Labute approximate surface area is 212 Å². The van der Waals surface area contributed by atoms with Crippen LogP contribution in [0, 0.1) is 19.3 Å².